The molecule has 0 saturated heterocycles. The van der Waals surface area contributed by atoms with Crippen LogP contribution in [0.4, 0.5) is 11.8 Å². The van der Waals surface area contributed by atoms with Gasteiger partial charge < -0.3 is 24.9 Å². The van der Waals surface area contributed by atoms with Crippen molar-refractivity contribution in [1.29, 1.82) is 0 Å². The Bertz CT molecular complexity index is 1370. The zero-order valence-corrected chi connectivity index (χ0v) is 20.9. The fraction of sp³-hybridized carbons (Fsp3) is 0.348. The number of nitrogens with zero attached hydrogens (tertiary/aromatic N) is 5. The van der Waals surface area contributed by atoms with Crippen LogP contribution in [0.15, 0.2) is 60.0 Å². The molecule has 0 aliphatic rings. The highest BCUT2D eigenvalue weighted by molar-refractivity contribution is 8.13. The quantitative estimate of drug-likeness (QED) is 0.244. The molecule has 0 aliphatic carbocycles. The second-order valence-corrected chi connectivity index (χ2v) is 10.7. The van der Waals surface area contributed by atoms with Crippen molar-refractivity contribution in [2.45, 2.75) is 50.3 Å². The third kappa shape index (κ3) is 6.30. The van der Waals surface area contributed by atoms with Crippen LogP contribution < -0.4 is 10.6 Å². The highest BCUT2D eigenvalue weighted by Crippen LogP contribution is 2.23. The number of aromatic nitrogens is 5. The molecule has 35 heavy (non-hydrogen) atoms. The van der Waals surface area contributed by atoms with Crippen LogP contribution in [-0.2, 0) is 28.7 Å². The Morgan fingerprint density at radius 2 is 1.94 bits per heavy atom. The third-order valence-corrected chi connectivity index (χ3v) is 6.97. The van der Waals surface area contributed by atoms with Crippen LogP contribution in [0.3, 0.4) is 0 Å². The van der Waals surface area contributed by atoms with Crippen LogP contribution in [0.25, 0.3) is 11.2 Å². The molecule has 1 atom stereocenters. The summed E-state index contributed by atoms with van der Waals surface area (Å²) in [6.07, 6.45) is 6.38. The Labute approximate surface area is 208 Å². The first-order valence-corrected chi connectivity index (χ1v) is 13.7. The Morgan fingerprint density at radius 3 is 2.63 bits per heavy atom. The lowest BCUT2D eigenvalue weighted by atomic mass is 10.2. The van der Waals surface area contributed by atoms with Gasteiger partial charge in [0.2, 0.25) is 5.95 Å². The maximum Gasteiger partial charge on any atom is 0.262 e. The van der Waals surface area contributed by atoms with E-state index < -0.39 is 9.05 Å². The average molecular weight is 518 g/mol. The lowest BCUT2D eigenvalue weighted by molar-refractivity contribution is 0.271. The minimum atomic E-state index is -3.74. The Hall–Kier alpha value is -3.15. The number of aryl methyl sites for hydroxylation is 2. The minimum absolute atomic E-state index is 0.0270. The number of fused-ring (bicyclic) bond motifs is 1. The van der Waals surface area contributed by atoms with Crippen molar-refractivity contribution in [3.05, 3.63) is 60.7 Å². The maximum atomic E-state index is 11.5. The molecule has 0 radical (unpaired) electrons. The molecule has 0 saturated carbocycles. The van der Waals surface area contributed by atoms with Crippen molar-refractivity contribution in [3.8, 4) is 0 Å². The summed E-state index contributed by atoms with van der Waals surface area (Å²) in [5.41, 5.74) is 2.43. The highest BCUT2D eigenvalue weighted by atomic mass is 35.7. The van der Waals surface area contributed by atoms with Crippen LogP contribution in [-0.4, -0.2) is 50.3 Å². The lowest BCUT2D eigenvalue weighted by Crippen LogP contribution is -2.24. The summed E-state index contributed by atoms with van der Waals surface area (Å²) in [4.78, 5) is 13.9. The maximum absolute atomic E-state index is 11.5. The van der Waals surface area contributed by atoms with Gasteiger partial charge in [-0.15, -0.1) is 0 Å². The van der Waals surface area contributed by atoms with Crippen LogP contribution >= 0.6 is 10.7 Å². The molecule has 0 bridgehead atoms. The molecular formula is C23H28ClN7O3S. The van der Waals surface area contributed by atoms with Gasteiger partial charge in [0.1, 0.15) is 0 Å². The van der Waals surface area contributed by atoms with Crippen molar-refractivity contribution in [2.24, 2.45) is 0 Å². The molecule has 4 rings (SSSR count). The summed E-state index contributed by atoms with van der Waals surface area (Å²) in [7, 11) is 1.67. The van der Waals surface area contributed by atoms with Crippen molar-refractivity contribution in [1.82, 2.24) is 24.1 Å². The number of halogens is 1. The normalized spacial score (nSPS) is 12.7. The van der Waals surface area contributed by atoms with Crippen molar-refractivity contribution >= 4 is 42.7 Å². The van der Waals surface area contributed by atoms with Gasteiger partial charge in [-0.1, -0.05) is 37.3 Å². The van der Waals surface area contributed by atoms with Gasteiger partial charge in [-0.05, 0) is 24.5 Å². The van der Waals surface area contributed by atoms with E-state index in [9.17, 15) is 13.5 Å². The van der Waals surface area contributed by atoms with E-state index in [1.165, 1.54) is 12.3 Å². The monoisotopic (exact) mass is 517 g/mol. The molecule has 4 aromatic rings. The van der Waals surface area contributed by atoms with Crippen molar-refractivity contribution < 1.29 is 13.5 Å². The van der Waals surface area contributed by atoms with E-state index >= 15 is 0 Å². The van der Waals surface area contributed by atoms with Crippen LogP contribution in [0.1, 0.15) is 25.3 Å². The predicted octanol–water partition coefficient (Wildman–Crippen LogP) is 3.44. The summed E-state index contributed by atoms with van der Waals surface area (Å²) in [6, 6.07) is 11.3. The second kappa shape index (κ2) is 11.1. The Kier molecular flexibility index (Phi) is 7.89. The van der Waals surface area contributed by atoms with E-state index in [4.69, 9.17) is 10.7 Å². The molecule has 3 aromatic heterocycles. The minimum Gasteiger partial charge on any atom is -0.394 e. The molecule has 10 nitrogen and oxygen atoms in total. The first-order chi connectivity index (χ1) is 16.9. The molecule has 0 unspecified atom stereocenters. The van der Waals surface area contributed by atoms with Crippen LogP contribution in [0.2, 0.25) is 0 Å². The van der Waals surface area contributed by atoms with E-state index in [0.717, 1.165) is 18.4 Å². The van der Waals surface area contributed by atoms with Crippen molar-refractivity contribution in [3.63, 3.8) is 0 Å². The number of aliphatic hydroxyl groups excluding tert-OH is 1. The van der Waals surface area contributed by atoms with Gasteiger partial charge in [0, 0.05) is 42.7 Å². The second-order valence-electron chi connectivity index (χ2n) is 8.15. The number of hydrogen-bond donors (Lipinski definition) is 3. The fourth-order valence-corrected chi connectivity index (χ4v) is 4.42. The molecular weight excluding hydrogens is 490 g/mol. The molecule has 0 spiro atoms. The Morgan fingerprint density at radius 1 is 1.14 bits per heavy atom. The number of imidazole rings is 1. The van der Waals surface area contributed by atoms with E-state index in [2.05, 4.69) is 25.6 Å². The van der Waals surface area contributed by atoms with E-state index in [0.29, 0.717) is 42.6 Å². The van der Waals surface area contributed by atoms with E-state index in [1.54, 1.807) is 17.1 Å². The first-order valence-electron chi connectivity index (χ1n) is 11.4. The molecule has 186 valence electrons. The molecule has 3 N–H and O–H groups in total. The summed E-state index contributed by atoms with van der Waals surface area (Å²) in [6.45, 7) is 3.75. The van der Waals surface area contributed by atoms with Gasteiger partial charge in [-0.2, -0.15) is 9.97 Å². The summed E-state index contributed by atoms with van der Waals surface area (Å²) >= 11 is 0. The largest absolute Gasteiger partial charge is 0.394 e. The summed E-state index contributed by atoms with van der Waals surface area (Å²) in [5.74, 6) is 1.02. The number of benzene rings is 1. The molecule has 12 heteroatoms. The fourth-order valence-electron chi connectivity index (χ4n) is 3.66. The predicted molar refractivity (Wildman–Crippen MR) is 136 cm³/mol. The summed E-state index contributed by atoms with van der Waals surface area (Å²) < 4.78 is 26.7. The third-order valence-electron chi connectivity index (χ3n) is 5.63. The zero-order valence-electron chi connectivity index (χ0n) is 19.3. The highest BCUT2D eigenvalue weighted by Gasteiger charge is 2.16. The number of nitrogens with one attached hydrogen (secondary N) is 2. The summed E-state index contributed by atoms with van der Waals surface area (Å²) in [5, 5.41) is 16.2. The molecule has 1 aromatic carbocycles. The van der Waals surface area contributed by atoms with E-state index in [1.807, 2.05) is 41.8 Å². The molecule has 0 amide bonds. The molecule has 3 heterocycles. The van der Waals surface area contributed by atoms with Gasteiger partial charge in [0.15, 0.2) is 17.0 Å². The van der Waals surface area contributed by atoms with Crippen LogP contribution in [0, 0.1) is 0 Å². The van der Waals surface area contributed by atoms with E-state index in [-0.39, 0.29) is 17.5 Å². The standard InChI is InChI=1S/C23H28ClN7O3S/c1-2-18(15-32)27-23-28-21(25-13-17-7-4-3-5-8-17)20-22(29-23)31(16-26-20)11-6-10-30-12-9-19(14-30)35(24,33)34/h3-5,7-9,12,14,16,18,32H,2,6,10-11,13,15H2,1H3,(H2,25,27,28,29)/t18-/m1/s1. The van der Waals surface area contributed by atoms with Gasteiger partial charge in [-0.25, -0.2) is 13.4 Å². The van der Waals surface area contributed by atoms with Gasteiger partial charge >= 0.3 is 0 Å². The van der Waals surface area contributed by atoms with Gasteiger partial charge in [0.25, 0.3) is 9.05 Å². The lowest BCUT2D eigenvalue weighted by Gasteiger charge is -2.15. The Balaban J connectivity index is 1.54. The number of hydrogen-bond acceptors (Lipinski definition) is 8. The van der Waals surface area contributed by atoms with Gasteiger partial charge in [-0.3, -0.25) is 0 Å². The van der Waals surface area contributed by atoms with Gasteiger partial charge in [0.05, 0.1) is 23.9 Å². The SMILES string of the molecule is CC[C@H](CO)Nc1nc(NCc2ccccc2)c2ncn(CCCn3ccc(S(=O)(=O)Cl)c3)c2n1. The number of anilines is 2. The molecule has 0 aliphatic heterocycles. The molecule has 0 fully saturated rings. The zero-order chi connectivity index (χ0) is 24.8. The topological polar surface area (TPSA) is 127 Å². The number of aliphatic hydroxyl groups is 1. The van der Waals surface area contributed by atoms with Crippen molar-refractivity contribution in [2.75, 3.05) is 17.2 Å². The first kappa shape index (κ1) is 25.0. The average Bonchev–Trinajstić information content (AvgIpc) is 3.49. The smallest absolute Gasteiger partial charge is 0.262 e. The van der Waals surface area contributed by atoms with Crippen LogP contribution in [0.5, 0.6) is 0 Å². The number of rotatable bonds is 12.